The van der Waals surface area contributed by atoms with E-state index in [-0.39, 0.29) is 16.9 Å². The van der Waals surface area contributed by atoms with E-state index in [9.17, 15) is 14.4 Å². The molecule has 3 N–H and O–H groups in total. The van der Waals surface area contributed by atoms with Gasteiger partial charge >= 0.3 is 0 Å². The van der Waals surface area contributed by atoms with Gasteiger partial charge < -0.3 is 5.73 Å². The topological polar surface area (TPSA) is 112 Å². The third-order valence-electron chi connectivity index (χ3n) is 4.09. The van der Waals surface area contributed by atoms with Crippen LogP contribution in [0.3, 0.4) is 0 Å². The van der Waals surface area contributed by atoms with Gasteiger partial charge in [-0.3, -0.25) is 24.3 Å². The minimum atomic E-state index is -0.625. The molecule has 0 aliphatic carbocycles. The van der Waals surface area contributed by atoms with Crippen LogP contribution in [0.1, 0.15) is 26.4 Å². The van der Waals surface area contributed by atoms with Crippen LogP contribution in [0.15, 0.2) is 41.2 Å². The monoisotopic (exact) mass is 369 g/mol. The van der Waals surface area contributed by atoms with Gasteiger partial charge in [-0.25, -0.2) is 4.68 Å². The quantitative estimate of drug-likeness (QED) is 0.664. The van der Waals surface area contributed by atoms with Crippen molar-refractivity contribution in [1.29, 1.82) is 0 Å². The zero-order valence-corrected chi connectivity index (χ0v) is 14.2. The molecule has 8 nitrogen and oxygen atoms in total. The van der Waals surface area contributed by atoms with E-state index in [2.05, 4.69) is 10.4 Å². The molecule has 130 valence electrons. The number of amides is 2. The number of anilines is 1. The largest absolute Gasteiger partial charge is 0.384 e. The number of fused-ring (bicyclic) bond motifs is 1. The number of nitrogens with two attached hydrogens (primary N) is 1. The molecule has 1 aliphatic rings. The number of hydrogen-bond donors (Lipinski definition) is 2. The van der Waals surface area contributed by atoms with E-state index >= 15 is 0 Å². The van der Waals surface area contributed by atoms with Crippen molar-refractivity contribution in [3.63, 3.8) is 0 Å². The summed E-state index contributed by atoms with van der Waals surface area (Å²) in [6, 6.07) is 9.58. The number of rotatable bonds is 2. The van der Waals surface area contributed by atoms with Gasteiger partial charge in [0.05, 0.1) is 28.2 Å². The van der Waals surface area contributed by atoms with Crippen LogP contribution in [0.4, 0.5) is 5.82 Å². The molecule has 2 amide bonds. The van der Waals surface area contributed by atoms with E-state index in [1.54, 1.807) is 35.0 Å². The average Bonchev–Trinajstić information content (AvgIpc) is 3.06. The molecule has 0 bridgehead atoms. The molecule has 3 aromatic rings. The number of carbonyl (C=O) groups excluding carboxylic acids is 2. The van der Waals surface area contributed by atoms with Crippen molar-refractivity contribution in [2.75, 3.05) is 5.73 Å². The Kier molecular flexibility index (Phi) is 3.45. The lowest BCUT2D eigenvalue weighted by atomic mass is 10.1. The SMILES string of the molecule is Cc1cc(Cl)n(-c2ccc(-n3c(N)c4c(cc3=O)C(=O)NC4=O)cc2)n1. The van der Waals surface area contributed by atoms with Crippen molar-refractivity contribution >= 4 is 29.2 Å². The average molecular weight is 370 g/mol. The summed E-state index contributed by atoms with van der Waals surface area (Å²) in [7, 11) is 0. The molecule has 0 spiro atoms. The van der Waals surface area contributed by atoms with E-state index in [4.69, 9.17) is 17.3 Å². The maximum absolute atomic E-state index is 12.4. The zero-order valence-electron chi connectivity index (χ0n) is 13.5. The fraction of sp³-hybridized carbons (Fsp3) is 0.0588. The molecule has 1 aromatic carbocycles. The lowest BCUT2D eigenvalue weighted by Crippen LogP contribution is -2.24. The van der Waals surface area contributed by atoms with Gasteiger partial charge in [0.15, 0.2) is 0 Å². The Balaban J connectivity index is 1.83. The number of imide groups is 1. The Bertz CT molecular complexity index is 1140. The molecule has 3 heterocycles. The van der Waals surface area contributed by atoms with Crippen LogP contribution in [-0.2, 0) is 0 Å². The van der Waals surface area contributed by atoms with Crippen molar-refractivity contribution in [2.45, 2.75) is 6.92 Å². The van der Waals surface area contributed by atoms with E-state index in [1.165, 1.54) is 4.57 Å². The van der Waals surface area contributed by atoms with Crippen molar-refractivity contribution < 1.29 is 9.59 Å². The second-order valence-corrected chi connectivity index (χ2v) is 6.20. The number of halogens is 1. The van der Waals surface area contributed by atoms with Gasteiger partial charge in [-0.15, -0.1) is 0 Å². The number of aromatic nitrogens is 3. The molecular formula is C17H12ClN5O3. The normalized spacial score (nSPS) is 13.0. The smallest absolute Gasteiger partial charge is 0.262 e. The van der Waals surface area contributed by atoms with Crippen molar-refractivity contribution in [3.8, 4) is 11.4 Å². The van der Waals surface area contributed by atoms with Gasteiger partial charge in [0.1, 0.15) is 11.0 Å². The van der Waals surface area contributed by atoms with Crippen molar-refractivity contribution in [2.24, 2.45) is 0 Å². The number of aryl methyl sites for hydroxylation is 1. The Labute approximate surface area is 151 Å². The van der Waals surface area contributed by atoms with Gasteiger partial charge in [0.2, 0.25) is 0 Å². The maximum atomic E-state index is 12.4. The second kappa shape index (κ2) is 5.57. The summed E-state index contributed by atoms with van der Waals surface area (Å²) in [6.07, 6.45) is 0. The van der Waals surface area contributed by atoms with Crippen LogP contribution in [0.5, 0.6) is 0 Å². The molecule has 0 fully saturated rings. The number of pyridine rings is 1. The van der Waals surface area contributed by atoms with Crippen LogP contribution in [0, 0.1) is 6.92 Å². The van der Waals surface area contributed by atoms with Crippen LogP contribution in [-0.4, -0.2) is 26.2 Å². The van der Waals surface area contributed by atoms with E-state index in [1.807, 2.05) is 6.92 Å². The van der Waals surface area contributed by atoms with Crippen LogP contribution < -0.4 is 16.6 Å². The predicted molar refractivity (Wildman–Crippen MR) is 95.1 cm³/mol. The summed E-state index contributed by atoms with van der Waals surface area (Å²) in [6.45, 7) is 1.83. The first-order chi connectivity index (χ1) is 12.4. The highest BCUT2D eigenvalue weighted by molar-refractivity contribution is 6.29. The Hall–Kier alpha value is -3.39. The molecule has 0 saturated carbocycles. The zero-order chi connectivity index (χ0) is 18.6. The molecule has 0 radical (unpaired) electrons. The van der Waals surface area contributed by atoms with Gasteiger partial charge in [-0.05, 0) is 37.3 Å². The standard InChI is InChI=1S/C17H12ClN5O3/c1-8-6-12(18)23(21-8)10-4-2-9(3-5-10)22-13(24)7-11-14(15(22)19)17(26)20-16(11)25/h2-7H,19H2,1H3,(H,20,25,26). The second-order valence-electron chi connectivity index (χ2n) is 5.81. The lowest BCUT2D eigenvalue weighted by Gasteiger charge is -2.12. The molecule has 9 heteroatoms. The van der Waals surface area contributed by atoms with Crippen LogP contribution in [0.2, 0.25) is 5.15 Å². The fourth-order valence-corrected chi connectivity index (χ4v) is 3.23. The number of carbonyl (C=O) groups is 2. The molecule has 0 unspecified atom stereocenters. The summed E-state index contributed by atoms with van der Waals surface area (Å²) in [5.41, 5.74) is 7.42. The molecule has 4 rings (SSSR count). The van der Waals surface area contributed by atoms with Gasteiger partial charge in [-0.1, -0.05) is 11.6 Å². The highest BCUT2D eigenvalue weighted by Crippen LogP contribution is 2.24. The Morgan fingerprint density at radius 2 is 1.69 bits per heavy atom. The van der Waals surface area contributed by atoms with Crippen LogP contribution in [0.25, 0.3) is 11.4 Å². The molecule has 26 heavy (non-hydrogen) atoms. The number of nitrogen functional groups attached to an aromatic ring is 1. The first kappa shape index (κ1) is 16.1. The predicted octanol–water partition coefficient (Wildman–Crippen LogP) is 1.45. The van der Waals surface area contributed by atoms with E-state index in [0.29, 0.717) is 16.5 Å². The number of nitrogens with zero attached hydrogens (tertiary/aromatic N) is 3. The number of nitrogens with one attached hydrogen (secondary N) is 1. The molecule has 1 aliphatic heterocycles. The first-order valence-electron chi connectivity index (χ1n) is 7.61. The minimum absolute atomic E-state index is 0.00409. The van der Waals surface area contributed by atoms with Crippen molar-refractivity contribution in [1.82, 2.24) is 19.7 Å². The number of benzene rings is 1. The number of hydrogen-bond acceptors (Lipinski definition) is 5. The van der Waals surface area contributed by atoms with Crippen LogP contribution >= 0.6 is 11.6 Å². The van der Waals surface area contributed by atoms with Gasteiger partial charge in [0, 0.05) is 6.07 Å². The Morgan fingerprint density at radius 3 is 2.31 bits per heavy atom. The van der Waals surface area contributed by atoms with Gasteiger partial charge in [0.25, 0.3) is 17.4 Å². The highest BCUT2D eigenvalue weighted by Gasteiger charge is 2.31. The third kappa shape index (κ3) is 2.31. The first-order valence-corrected chi connectivity index (χ1v) is 7.99. The molecule has 0 saturated heterocycles. The summed E-state index contributed by atoms with van der Waals surface area (Å²) >= 11 is 6.13. The van der Waals surface area contributed by atoms with Crippen molar-refractivity contribution in [3.05, 3.63) is 68.7 Å². The Morgan fingerprint density at radius 1 is 1.04 bits per heavy atom. The fourth-order valence-electron chi connectivity index (χ4n) is 2.94. The summed E-state index contributed by atoms with van der Waals surface area (Å²) < 4.78 is 2.73. The molecular weight excluding hydrogens is 358 g/mol. The highest BCUT2D eigenvalue weighted by atomic mass is 35.5. The summed E-state index contributed by atoms with van der Waals surface area (Å²) in [5, 5.41) is 6.87. The summed E-state index contributed by atoms with van der Waals surface area (Å²) in [5.74, 6) is -1.33. The maximum Gasteiger partial charge on any atom is 0.262 e. The summed E-state index contributed by atoms with van der Waals surface area (Å²) in [4.78, 5) is 36.0. The van der Waals surface area contributed by atoms with E-state index in [0.717, 1.165) is 11.8 Å². The lowest BCUT2D eigenvalue weighted by molar-refractivity contribution is 0.0880. The third-order valence-corrected chi connectivity index (χ3v) is 4.36. The molecule has 2 aromatic heterocycles. The molecule has 0 atom stereocenters. The minimum Gasteiger partial charge on any atom is -0.384 e. The van der Waals surface area contributed by atoms with Gasteiger partial charge in [-0.2, -0.15) is 5.10 Å². The van der Waals surface area contributed by atoms with E-state index < -0.39 is 17.4 Å².